The van der Waals surface area contributed by atoms with Gasteiger partial charge in [-0.15, -0.1) is 0 Å². The molecule has 7 heteroatoms. The maximum Gasteiger partial charge on any atom is 0.552 e. The number of allylic oxidation sites excluding steroid dienone is 1. The molecule has 0 bridgehead atoms. The molecule has 1 saturated carbocycles. The molecule has 0 atom stereocenters. The van der Waals surface area contributed by atoms with Crippen molar-refractivity contribution in [3.8, 4) is 5.75 Å². The van der Waals surface area contributed by atoms with E-state index in [9.17, 15) is 5.02 Å². The minimum absolute atomic E-state index is 0.181. The highest BCUT2D eigenvalue weighted by atomic mass is 16.5. The minimum atomic E-state index is -0.907. The van der Waals surface area contributed by atoms with Gasteiger partial charge in [-0.05, 0) is 49.2 Å². The summed E-state index contributed by atoms with van der Waals surface area (Å²) in [4.78, 5) is 7.51. The Kier molecular flexibility index (Phi) is 4.31. The van der Waals surface area contributed by atoms with Crippen LogP contribution >= 0.6 is 0 Å². The van der Waals surface area contributed by atoms with E-state index in [0.717, 1.165) is 42.3 Å². The molecule has 0 saturated heterocycles. The zero-order chi connectivity index (χ0) is 16.5. The summed E-state index contributed by atoms with van der Waals surface area (Å²) in [6, 6.07) is 2.49. The molecule has 1 fully saturated rings. The average molecular weight is 327 g/mol. The molecule has 126 valence electrons. The van der Waals surface area contributed by atoms with E-state index in [1.165, 1.54) is 5.57 Å². The van der Waals surface area contributed by atoms with Gasteiger partial charge < -0.3 is 25.1 Å². The quantitative estimate of drug-likeness (QED) is 0.639. The van der Waals surface area contributed by atoms with E-state index in [1.54, 1.807) is 6.20 Å². The van der Waals surface area contributed by atoms with Crippen molar-refractivity contribution in [2.45, 2.75) is 31.7 Å². The van der Waals surface area contributed by atoms with Gasteiger partial charge in [-0.1, -0.05) is 0 Å². The van der Waals surface area contributed by atoms with Crippen LogP contribution in [0.3, 0.4) is 0 Å². The fourth-order valence-electron chi connectivity index (χ4n) is 4.00. The van der Waals surface area contributed by atoms with Crippen molar-refractivity contribution in [3.05, 3.63) is 30.0 Å². The van der Waals surface area contributed by atoms with Crippen LogP contribution in [0.4, 0.5) is 0 Å². The topological polar surface area (TPSA) is 90.4 Å². The number of nitrogens with one attached hydrogen (secondary N) is 2. The Hall–Kier alpha value is -1.83. The predicted octanol–water partition coefficient (Wildman–Crippen LogP) is 1.50. The standard InChI is InChI=1S/C17H22BN3O3/c22-8-7-19-12-3-1-11(2-4-12)14-9-18(23)24-15-10-21-17-13(16(14)15)5-6-20-17/h5-6,9-12,19,22-23H,1-4,7-8H2,(H,20,21). The molecule has 2 aliphatic rings. The van der Waals surface area contributed by atoms with Crippen molar-refractivity contribution >= 4 is 23.7 Å². The monoisotopic (exact) mass is 327 g/mol. The van der Waals surface area contributed by atoms with Crippen LogP contribution in [-0.2, 0) is 0 Å². The zero-order valence-electron chi connectivity index (χ0n) is 13.5. The summed E-state index contributed by atoms with van der Waals surface area (Å²) < 4.78 is 5.57. The van der Waals surface area contributed by atoms with Gasteiger partial charge in [0.15, 0.2) is 0 Å². The molecule has 0 unspecified atom stereocenters. The van der Waals surface area contributed by atoms with Crippen LogP contribution in [0.2, 0.25) is 0 Å². The highest BCUT2D eigenvalue weighted by molar-refractivity contribution is 6.52. The molecule has 4 rings (SSSR count). The third kappa shape index (κ3) is 2.83. The highest BCUT2D eigenvalue weighted by Gasteiger charge is 2.32. The molecule has 1 aliphatic carbocycles. The smallest absolute Gasteiger partial charge is 0.531 e. The average Bonchev–Trinajstić information content (AvgIpc) is 3.08. The van der Waals surface area contributed by atoms with Crippen LogP contribution in [-0.4, -0.2) is 46.4 Å². The second kappa shape index (κ2) is 6.59. The van der Waals surface area contributed by atoms with E-state index in [4.69, 9.17) is 9.76 Å². The molecule has 24 heavy (non-hydrogen) atoms. The van der Waals surface area contributed by atoms with Gasteiger partial charge in [-0.25, -0.2) is 4.98 Å². The van der Waals surface area contributed by atoms with E-state index < -0.39 is 7.12 Å². The number of H-pyrrole nitrogens is 1. The van der Waals surface area contributed by atoms with Gasteiger partial charge in [0.05, 0.1) is 12.8 Å². The molecule has 0 radical (unpaired) electrons. The van der Waals surface area contributed by atoms with E-state index in [1.807, 2.05) is 18.2 Å². The lowest BCUT2D eigenvalue weighted by molar-refractivity contribution is 0.264. The number of nitrogens with zero attached hydrogens (tertiary/aromatic N) is 1. The molecule has 4 N–H and O–H groups in total. The summed E-state index contributed by atoms with van der Waals surface area (Å²) >= 11 is 0. The van der Waals surface area contributed by atoms with Crippen molar-refractivity contribution < 1.29 is 14.8 Å². The number of pyridine rings is 1. The molecule has 0 amide bonds. The van der Waals surface area contributed by atoms with E-state index in [0.29, 0.717) is 24.3 Å². The third-order valence-electron chi connectivity index (χ3n) is 5.12. The van der Waals surface area contributed by atoms with E-state index >= 15 is 0 Å². The van der Waals surface area contributed by atoms with Crippen LogP contribution in [0, 0.1) is 5.92 Å². The number of hydrogen-bond acceptors (Lipinski definition) is 5. The molecule has 2 aromatic rings. The number of aliphatic hydroxyl groups excluding tert-OH is 1. The Bertz CT molecular complexity index is 753. The van der Waals surface area contributed by atoms with E-state index in [-0.39, 0.29) is 6.61 Å². The molecule has 2 aromatic heterocycles. The Balaban J connectivity index is 1.61. The second-order valence-corrected chi connectivity index (χ2v) is 6.59. The van der Waals surface area contributed by atoms with Crippen LogP contribution in [0.5, 0.6) is 5.75 Å². The lowest BCUT2D eigenvalue weighted by Crippen LogP contribution is -2.35. The molecule has 6 nitrogen and oxygen atoms in total. The van der Waals surface area contributed by atoms with Gasteiger partial charge in [0.2, 0.25) is 0 Å². The Morgan fingerprint density at radius 3 is 2.96 bits per heavy atom. The molecular formula is C17H22BN3O3. The summed E-state index contributed by atoms with van der Waals surface area (Å²) in [6.07, 6.45) is 7.87. The minimum Gasteiger partial charge on any atom is -0.531 e. The molecule has 0 aromatic carbocycles. The maximum atomic E-state index is 10.1. The van der Waals surface area contributed by atoms with Crippen molar-refractivity contribution in [1.29, 1.82) is 0 Å². The first kappa shape index (κ1) is 15.7. The number of hydrogen-bond donors (Lipinski definition) is 4. The van der Waals surface area contributed by atoms with Gasteiger partial charge in [0.1, 0.15) is 11.4 Å². The number of aromatic amines is 1. The fourth-order valence-corrected chi connectivity index (χ4v) is 4.00. The van der Waals surface area contributed by atoms with Gasteiger partial charge in [-0.3, -0.25) is 0 Å². The second-order valence-electron chi connectivity index (χ2n) is 6.59. The molecule has 0 spiro atoms. The van der Waals surface area contributed by atoms with Crippen molar-refractivity contribution in [2.24, 2.45) is 5.92 Å². The first-order valence-corrected chi connectivity index (χ1v) is 8.63. The summed E-state index contributed by atoms with van der Waals surface area (Å²) in [5.41, 5.74) is 3.09. The SMILES string of the molecule is OCCNC1CCC(C2=CB(O)Oc3cnc4[nH]ccc4c32)CC1. The Labute approximate surface area is 141 Å². The Morgan fingerprint density at radius 2 is 2.17 bits per heavy atom. The van der Waals surface area contributed by atoms with Gasteiger partial charge in [0, 0.05) is 29.7 Å². The van der Waals surface area contributed by atoms with Crippen molar-refractivity contribution in [2.75, 3.05) is 13.2 Å². The van der Waals surface area contributed by atoms with Gasteiger partial charge in [0.25, 0.3) is 0 Å². The maximum absolute atomic E-state index is 10.1. The van der Waals surface area contributed by atoms with Crippen LogP contribution in [0.1, 0.15) is 31.2 Å². The van der Waals surface area contributed by atoms with Crippen LogP contribution in [0.25, 0.3) is 16.6 Å². The van der Waals surface area contributed by atoms with Crippen molar-refractivity contribution in [3.63, 3.8) is 0 Å². The Morgan fingerprint density at radius 1 is 1.33 bits per heavy atom. The molecule has 3 heterocycles. The number of rotatable bonds is 4. The first-order chi connectivity index (χ1) is 11.8. The summed E-state index contributed by atoms with van der Waals surface area (Å²) in [5.74, 6) is 2.92. The van der Waals surface area contributed by atoms with Gasteiger partial charge in [-0.2, -0.15) is 0 Å². The third-order valence-corrected chi connectivity index (χ3v) is 5.12. The predicted molar refractivity (Wildman–Crippen MR) is 93.5 cm³/mol. The molecular weight excluding hydrogens is 305 g/mol. The highest BCUT2D eigenvalue weighted by Crippen LogP contribution is 2.43. The first-order valence-electron chi connectivity index (χ1n) is 8.63. The van der Waals surface area contributed by atoms with Crippen LogP contribution < -0.4 is 9.97 Å². The number of aromatic nitrogens is 2. The van der Waals surface area contributed by atoms with Crippen LogP contribution in [0.15, 0.2) is 24.4 Å². The summed E-state index contributed by atoms with van der Waals surface area (Å²) in [5, 5.41) is 23.5. The zero-order valence-corrected chi connectivity index (χ0v) is 13.5. The molecule has 1 aliphatic heterocycles. The normalized spacial score (nSPS) is 23.8. The summed E-state index contributed by atoms with van der Waals surface area (Å²) in [7, 11) is -0.907. The lowest BCUT2D eigenvalue weighted by Gasteiger charge is -2.33. The summed E-state index contributed by atoms with van der Waals surface area (Å²) in [6.45, 7) is 0.837. The fraction of sp³-hybridized carbons (Fsp3) is 0.471. The van der Waals surface area contributed by atoms with Gasteiger partial charge >= 0.3 is 7.12 Å². The van der Waals surface area contributed by atoms with E-state index in [2.05, 4.69) is 15.3 Å². The van der Waals surface area contributed by atoms with Crippen molar-refractivity contribution in [1.82, 2.24) is 15.3 Å². The lowest BCUT2D eigenvalue weighted by atomic mass is 9.72. The number of aliphatic hydroxyl groups is 1. The largest absolute Gasteiger partial charge is 0.552 e. The number of fused-ring (bicyclic) bond motifs is 3.